The zero-order valence-electron chi connectivity index (χ0n) is 12.5. The van der Waals surface area contributed by atoms with Crippen LogP contribution in [0.1, 0.15) is 28.6 Å². The molecule has 4 heteroatoms. The number of nitrogens with zero attached hydrogens (tertiary/aromatic N) is 1. The molecule has 3 nitrogen and oxygen atoms in total. The Balaban J connectivity index is 1.97. The van der Waals surface area contributed by atoms with Crippen LogP contribution in [-0.2, 0) is 0 Å². The second kappa shape index (κ2) is 5.95. The van der Waals surface area contributed by atoms with Gasteiger partial charge in [-0.3, -0.25) is 0 Å². The lowest BCUT2D eigenvalue weighted by molar-refractivity contribution is 0.210. The first-order chi connectivity index (χ1) is 10.6. The Bertz CT molecular complexity index is 810. The van der Waals surface area contributed by atoms with Gasteiger partial charge in [0.15, 0.2) is 0 Å². The van der Waals surface area contributed by atoms with Gasteiger partial charge < -0.3 is 10.1 Å². The van der Waals surface area contributed by atoms with Crippen LogP contribution in [0.5, 0.6) is 0 Å². The number of aliphatic hydroxyl groups is 1. The number of rotatable bonds is 3. The van der Waals surface area contributed by atoms with Crippen molar-refractivity contribution >= 4 is 11.6 Å². The number of halogens is 1. The molecule has 2 aromatic carbocycles. The molecule has 0 saturated heterocycles. The van der Waals surface area contributed by atoms with Gasteiger partial charge in [-0.25, -0.2) is 4.98 Å². The van der Waals surface area contributed by atoms with Gasteiger partial charge in [0.25, 0.3) is 0 Å². The van der Waals surface area contributed by atoms with Crippen molar-refractivity contribution in [2.24, 2.45) is 0 Å². The lowest BCUT2D eigenvalue weighted by Crippen LogP contribution is -2.05. The molecule has 22 heavy (non-hydrogen) atoms. The fraction of sp³-hybridized carbons (Fsp3) is 0.167. The fourth-order valence-electron chi connectivity index (χ4n) is 2.51. The molecule has 0 aliphatic heterocycles. The van der Waals surface area contributed by atoms with E-state index in [-0.39, 0.29) is 0 Å². The molecule has 2 N–H and O–H groups in total. The van der Waals surface area contributed by atoms with E-state index < -0.39 is 6.10 Å². The summed E-state index contributed by atoms with van der Waals surface area (Å²) in [6.07, 6.45) is 0.918. The van der Waals surface area contributed by atoms with Gasteiger partial charge in [0.1, 0.15) is 11.9 Å². The minimum absolute atomic E-state index is 0.517. The van der Waals surface area contributed by atoms with Crippen molar-refractivity contribution in [1.29, 1.82) is 0 Å². The van der Waals surface area contributed by atoms with Gasteiger partial charge in [0, 0.05) is 10.6 Å². The summed E-state index contributed by atoms with van der Waals surface area (Å²) in [6.45, 7) is 4.04. The fourth-order valence-corrected chi connectivity index (χ4v) is 2.75. The summed E-state index contributed by atoms with van der Waals surface area (Å²) in [5, 5.41) is 11.3. The van der Waals surface area contributed by atoms with Crippen molar-refractivity contribution in [3.63, 3.8) is 0 Å². The van der Waals surface area contributed by atoms with Crippen molar-refractivity contribution in [3.8, 4) is 11.3 Å². The SMILES string of the molecule is Cc1cccc(C(O)c2ncc(-c3ccccc3Cl)[nH]2)c1C. The van der Waals surface area contributed by atoms with Gasteiger partial charge in [-0.1, -0.05) is 48.0 Å². The summed E-state index contributed by atoms with van der Waals surface area (Å²) in [6, 6.07) is 13.5. The van der Waals surface area contributed by atoms with Crippen molar-refractivity contribution in [2.45, 2.75) is 20.0 Å². The first-order valence-corrected chi connectivity index (χ1v) is 7.49. The number of aryl methyl sites for hydroxylation is 1. The number of imidazole rings is 1. The van der Waals surface area contributed by atoms with Crippen LogP contribution in [0.2, 0.25) is 5.02 Å². The Morgan fingerprint density at radius 3 is 2.64 bits per heavy atom. The minimum Gasteiger partial charge on any atom is -0.380 e. The van der Waals surface area contributed by atoms with Crippen molar-refractivity contribution in [2.75, 3.05) is 0 Å². The van der Waals surface area contributed by atoms with E-state index in [0.29, 0.717) is 10.8 Å². The molecule has 0 bridgehead atoms. The molecular weight excluding hydrogens is 296 g/mol. The smallest absolute Gasteiger partial charge is 0.140 e. The van der Waals surface area contributed by atoms with Crippen LogP contribution in [0.4, 0.5) is 0 Å². The maximum atomic E-state index is 10.6. The van der Waals surface area contributed by atoms with E-state index in [1.54, 1.807) is 6.20 Å². The molecule has 3 rings (SSSR count). The van der Waals surface area contributed by atoms with Crippen LogP contribution >= 0.6 is 11.6 Å². The highest BCUT2D eigenvalue weighted by Crippen LogP contribution is 2.29. The van der Waals surface area contributed by atoms with Gasteiger partial charge in [-0.2, -0.15) is 0 Å². The van der Waals surface area contributed by atoms with E-state index in [0.717, 1.165) is 27.9 Å². The van der Waals surface area contributed by atoms with E-state index in [2.05, 4.69) is 9.97 Å². The standard InChI is InChI=1S/C18H17ClN2O/c1-11-6-5-8-13(12(11)2)17(22)18-20-10-16(21-18)14-7-3-4-9-15(14)19/h3-10,17,22H,1-2H3,(H,20,21). The number of nitrogens with one attached hydrogen (secondary N) is 1. The van der Waals surface area contributed by atoms with Crippen molar-refractivity contribution in [1.82, 2.24) is 9.97 Å². The average molecular weight is 313 g/mol. The second-order valence-electron chi connectivity index (χ2n) is 5.35. The maximum Gasteiger partial charge on any atom is 0.140 e. The number of aromatic amines is 1. The highest BCUT2D eigenvalue weighted by Gasteiger charge is 2.17. The molecule has 0 amide bonds. The minimum atomic E-state index is -0.781. The predicted octanol–water partition coefficient (Wildman–Crippen LogP) is 4.43. The second-order valence-corrected chi connectivity index (χ2v) is 5.76. The lowest BCUT2D eigenvalue weighted by atomic mass is 9.99. The molecule has 0 aliphatic carbocycles. The first-order valence-electron chi connectivity index (χ1n) is 7.12. The summed E-state index contributed by atoms with van der Waals surface area (Å²) in [4.78, 5) is 7.49. The number of aromatic nitrogens is 2. The Labute approximate surface area is 134 Å². The van der Waals surface area contributed by atoms with Crippen LogP contribution in [0, 0.1) is 13.8 Å². The molecule has 1 unspecified atom stereocenters. The van der Waals surface area contributed by atoms with E-state index in [1.165, 1.54) is 0 Å². The van der Waals surface area contributed by atoms with Gasteiger partial charge in [-0.05, 0) is 36.6 Å². The van der Waals surface area contributed by atoms with Crippen LogP contribution in [0.25, 0.3) is 11.3 Å². The normalized spacial score (nSPS) is 12.4. The maximum absolute atomic E-state index is 10.6. The zero-order chi connectivity index (χ0) is 15.7. The molecule has 1 aromatic heterocycles. The summed E-state index contributed by atoms with van der Waals surface area (Å²) >= 11 is 6.20. The van der Waals surface area contributed by atoms with Crippen molar-refractivity contribution < 1.29 is 5.11 Å². The molecule has 1 atom stereocenters. The van der Waals surface area contributed by atoms with Crippen LogP contribution in [-0.4, -0.2) is 15.1 Å². The summed E-state index contributed by atoms with van der Waals surface area (Å²) < 4.78 is 0. The van der Waals surface area contributed by atoms with Gasteiger partial charge in [0.2, 0.25) is 0 Å². The molecule has 0 aliphatic rings. The Morgan fingerprint density at radius 2 is 1.86 bits per heavy atom. The van der Waals surface area contributed by atoms with Crippen LogP contribution in [0.3, 0.4) is 0 Å². The first kappa shape index (κ1) is 14.8. The number of hydrogen-bond donors (Lipinski definition) is 2. The Kier molecular flexibility index (Phi) is 4.01. The zero-order valence-corrected chi connectivity index (χ0v) is 13.2. The highest BCUT2D eigenvalue weighted by atomic mass is 35.5. The predicted molar refractivity (Wildman–Crippen MR) is 89.0 cm³/mol. The largest absolute Gasteiger partial charge is 0.380 e. The Morgan fingerprint density at radius 1 is 1.09 bits per heavy atom. The molecule has 3 aromatic rings. The van der Waals surface area contributed by atoms with Crippen LogP contribution in [0.15, 0.2) is 48.7 Å². The topological polar surface area (TPSA) is 48.9 Å². The molecule has 1 heterocycles. The van der Waals surface area contributed by atoms with E-state index in [9.17, 15) is 5.11 Å². The summed E-state index contributed by atoms with van der Waals surface area (Å²) in [5.41, 5.74) is 4.75. The quantitative estimate of drug-likeness (QED) is 0.751. The molecule has 0 spiro atoms. The number of hydrogen-bond acceptors (Lipinski definition) is 2. The van der Waals surface area contributed by atoms with E-state index in [4.69, 9.17) is 11.6 Å². The summed E-state index contributed by atoms with van der Waals surface area (Å²) in [5.74, 6) is 0.517. The number of aliphatic hydroxyl groups excluding tert-OH is 1. The van der Waals surface area contributed by atoms with Crippen molar-refractivity contribution in [3.05, 3.63) is 76.2 Å². The lowest BCUT2D eigenvalue weighted by Gasteiger charge is -2.13. The number of H-pyrrole nitrogens is 1. The van der Waals surface area contributed by atoms with E-state index >= 15 is 0 Å². The molecule has 0 radical (unpaired) electrons. The Hall–Kier alpha value is -2.10. The van der Waals surface area contributed by atoms with Crippen LogP contribution < -0.4 is 0 Å². The van der Waals surface area contributed by atoms with E-state index in [1.807, 2.05) is 56.3 Å². The third-order valence-corrected chi connectivity index (χ3v) is 4.29. The van der Waals surface area contributed by atoms with Gasteiger partial charge in [0.05, 0.1) is 11.9 Å². The molecular formula is C18H17ClN2O. The van der Waals surface area contributed by atoms with Gasteiger partial charge in [-0.15, -0.1) is 0 Å². The summed E-state index contributed by atoms with van der Waals surface area (Å²) in [7, 11) is 0. The van der Waals surface area contributed by atoms with Gasteiger partial charge >= 0.3 is 0 Å². The molecule has 0 fully saturated rings. The monoisotopic (exact) mass is 312 g/mol. The molecule has 112 valence electrons. The number of benzene rings is 2. The average Bonchev–Trinajstić information content (AvgIpc) is 2.99. The molecule has 0 saturated carbocycles. The third-order valence-electron chi connectivity index (χ3n) is 3.96. The highest BCUT2D eigenvalue weighted by molar-refractivity contribution is 6.33. The third kappa shape index (κ3) is 2.65.